The van der Waals surface area contributed by atoms with E-state index < -0.39 is 11.6 Å². The highest BCUT2D eigenvalue weighted by molar-refractivity contribution is 5.72. The maximum atomic E-state index is 12.1. The number of ether oxygens (including phenoxy) is 1. The minimum Gasteiger partial charge on any atom is -0.445 e. The highest BCUT2D eigenvalue weighted by atomic mass is 16.5. The van der Waals surface area contributed by atoms with E-state index in [2.05, 4.69) is 10.6 Å². The van der Waals surface area contributed by atoms with Crippen LogP contribution in [0.3, 0.4) is 0 Å². The number of benzene rings is 2. The minimum atomic E-state index is -0.569. The predicted octanol–water partition coefficient (Wildman–Crippen LogP) is 3.48. The quantitative estimate of drug-likeness (QED) is 0.846. The molecule has 0 spiro atoms. The third kappa shape index (κ3) is 5.95. The summed E-state index contributed by atoms with van der Waals surface area (Å²) in [6.45, 7) is 6.04. The molecule has 2 amide bonds. The number of carbonyl (C=O) groups is 2. The molecule has 0 saturated carbocycles. The van der Waals surface area contributed by atoms with E-state index in [4.69, 9.17) is 4.74 Å². The lowest BCUT2D eigenvalue weighted by molar-refractivity contribution is -0.119. The number of nitrogens with one attached hydrogen (secondary N) is 2. The van der Waals surface area contributed by atoms with Crippen molar-refractivity contribution in [3.8, 4) is 0 Å². The van der Waals surface area contributed by atoms with Gasteiger partial charge in [-0.2, -0.15) is 0 Å². The van der Waals surface area contributed by atoms with Crippen LogP contribution in [-0.2, 0) is 28.2 Å². The predicted molar refractivity (Wildman–Crippen MR) is 96.8 cm³/mol. The van der Waals surface area contributed by atoms with E-state index in [-0.39, 0.29) is 12.5 Å². The highest BCUT2D eigenvalue weighted by Crippen LogP contribution is 2.21. The van der Waals surface area contributed by atoms with Gasteiger partial charge in [-0.3, -0.25) is 4.79 Å². The summed E-state index contributed by atoms with van der Waals surface area (Å²) < 4.78 is 5.28. The number of alkyl carbamates (subject to hydrolysis) is 1. The number of hydrogen-bond acceptors (Lipinski definition) is 3. The van der Waals surface area contributed by atoms with Gasteiger partial charge in [0.1, 0.15) is 6.61 Å². The van der Waals surface area contributed by atoms with Crippen molar-refractivity contribution in [2.45, 2.75) is 39.5 Å². The van der Waals surface area contributed by atoms with E-state index in [9.17, 15) is 9.59 Å². The fraction of sp³-hybridized carbons (Fsp3) is 0.300. The second kappa shape index (κ2) is 8.33. The summed E-state index contributed by atoms with van der Waals surface area (Å²) >= 11 is 0. The van der Waals surface area contributed by atoms with Crippen molar-refractivity contribution < 1.29 is 14.3 Å². The molecule has 2 aromatic carbocycles. The zero-order chi connectivity index (χ0) is 18.3. The van der Waals surface area contributed by atoms with Crippen LogP contribution < -0.4 is 10.6 Å². The Morgan fingerprint density at radius 3 is 2.20 bits per heavy atom. The molecule has 0 radical (unpaired) electrons. The van der Waals surface area contributed by atoms with Gasteiger partial charge >= 0.3 is 6.09 Å². The second-order valence-corrected chi connectivity index (χ2v) is 6.42. The first-order chi connectivity index (χ1) is 11.9. The van der Waals surface area contributed by atoms with Crippen molar-refractivity contribution in [1.29, 1.82) is 0 Å². The van der Waals surface area contributed by atoms with Gasteiger partial charge in [-0.15, -0.1) is 0 Å². The Morgan fingerprint density at radius 1 is 0.960 bits per heavy atom. The van der Waals surface area contributed by atoms with Gasteiger partial charge in [0.05, 0.1) is 5.54 Å². The zero-order valence-corrected chi connectivity index (χ0v) is 14.8. The van der Waals surface area contributed by atoms with Crippen molar-refractivity contribution in [3.63, 3.8) is 0 Å². The molecule has 25 heavy (non-hydrogen) atoms. The van der Waals surface area contributed by atoms with Crippen LogP contribution in [0.1, 0.15) is 37.5 Å². The normalized spacial score (nSPS) is 10.8. The Balaban J connectivity index is 1.91. The molecule has 0 atom stereocenters. The lowest BCUT2D eigenvalue weighted by atomic mass is 9.93. The summed E-state index contributed by atoms with van der Waals surface area (Å²) in [6, 6.07) is 17.3. The van der Waals surface area contributed by atoms with Crippen LogP contribution in [0.5, 0.6) is 0 Å². The van der Waals surface area contributed by atoms with Crippen LogP contribution in [0.4, 0.5) is 4.79 Å². The van der Waals surface area contributed by atoms with Gasteiger partial charge in [-0.05, 0) is 30.5 Å². The maximum Gasteiger partial charge on any atom is 0.408 e. The number of amides is 2. The molecular formula is C20H24N2O3. The number of rotatable bonds is 6. The molecule has 0 saturated heterocycles. The van der Waals surface area contributed by atoms with Crippen molar-refractivity contribution in [2.75, 3.05) is 0 Å². The average Bonchev–Trinajstić information content (AvgIpc) is 2.59. The fourth-order valence-corrected chi connectivity index (χ4v) is 2.35. The third-order valence-corrected chi connectivity index (χ3v) is 3.84. The van der Waals surface area contributed by atoms with Gasteiger partial charge in [0.15, 0.2) is 0 Å². The van der Waals surface area contributed by atoms with Crippen molar-refractivity contribution >= 4 is 12.0 Å². The second-order valence-electron chi connectivity index (χ2n) is 6.42. The van der Waals surface area contributed by atoms with Gasteiger partial charge in [-0.25, -0.2) is 4.79 Å². The molecule has 0 fully saturated rings. The molecule has 132 valence electrons. The monoisotopic (exact) mass is 340 g/mol. The highest BCUT2D eigenvalue weighted by Gasteiger charge is 2.23. The molecule has 0 bridgehead atoms. The summed E-state index contributed by atoms with van der Waals surface area (Å²) in [5.74, 6) is -0.0627. The molecule has 0 aliphatic rings. The van der Waals surface area contributed by atoms with Gasteiger partial charge < -0.3 is 15.4 Å². The molecule has 2 rings (SSSR count). The van der Waals surface area contributed by atoms with E-state index >= 15 is 0 Å². The van der Waals surface area contributed by atoms with Crippen LogP contribution in [-0.4, -0.2) is 12.0 Å². The van der Waals surface area contributed by atoms with E-state index in [1.807, 2.05) is 68.4 Å². The number of carbonyl (C=O) groups excluding carboxylic acids is 2. The molecule has 0 aromatic heterocycles. The molecule has 2 N–H and O–H groups in total. The van der Waals surface area contributed by atoms with E-state index in [1.54, 1.807) is 0 Å². The largest absolute Gasteiger partial charge is 0.445 e. The molecule has 0 heterocycles. The average molecular weight is 340 g/mol. The molecular weight excluding hydrogens is 316 g/mol. The molecule has 0 unspecified atom stereocenters. The molecule has 5 nitrogen and oxygen atoms in total. The Bertz CT molecular complexity index is 709. The Morgan fingerprint density at radius 2 is 1.60 bits per heavy atom. The first kappa shape index (κ1) is 18.5. The summed E-state index contributed by atoms with van der Waals surface area (Å²) in [5, 5.41) is 5.64. The first-order valence-corrected chi connectivity index (χ1v) is 8.19. The van der Waals surface area contributed by atoms with Crippen LogP contribution in [0, 0.1) is 0 Å². The molecule has 0 aliphatic heterocycles. The lowest BCUT2D eigenvalue weighted by Crippen LogP contribution is -2.41. The van der Waals surface area contributed by atoms with Crippen LogP contribution in [0.15, 0.2) is 54.6 Å². The van der Waals surface area contributed by atoms with E-state index in [1.165, 1.54) is 6.92 Å². The van der Waals surface area contributed by atoms with E-state index in [0.717, 1.165) is 16.7 Å². The summed E-state index contributed by atoms with van der Waals surface area (Å²) in [7, 11) is 0. The zero-order valence-electron chi connectivity index (χ0n) is 14.8. The van der Waals surface area contributed by atoms with E-state index in [0.29, 0.717) is 6.54 Å². The van der Waals surface area contributed by atoms with Gasteiger partial charge in [0.2, 0.25) is 5.91 Å². The smallest absolute Gasteiger partial charge is 0.408 e. The fourth-order valence-electron chi connectivity index (χ4n) is 2.35. The first-order valence-electron chi connectivity index (χ1n) is 8.19. The summed E-state index contributed by atoms with van der Waals surface area (Å²) in [4.78, 5) is 23.0. The Labute approximate surface area is 148 Å². The molecule has 2 aromatic rings. The number of hydrogen-bond donors (Lipinski definition) is 2. The van der Waals surface area contributed by atoms with Crippen molar-refractivity contribution in [2.24, 2.45) is 0 Å². The van der Waals surface area contributed by atoms with Crippen LogP contribution in [0.2, 0.25) is 0 Å². The third-order valence-electron chi connectivity index (χ3n) is 3.84. The SMILES string of the molecule is CC(=O)NCc1ccc(C(C)(C)NC(=O)OCc2ccccc2)cc1. The topological polar surface area (TPSA) is 67.4 Å². The Hall–Kier alpha value is -2.82. The standard InChI is InChI=1S/C20H24N2O3/c1-15(23)21-13-16-9-11-18(12-10-16)20(2,3)22-19(24)25-14-17-7-5-4-6-8-17/h4-12H,13-14H2,1-3H3,(H,21,23)(H,22,24). The molecule has 0 aliphatic carbocycles. The summed E-state index contributed by atoms with van der Waals surface area (Å²) in [6.07, 6.45) is -0.462. The van der Waals surface area contributed by atoms with Crippen molar-refractivity contribution in [1.82, 2.24) is 10.6 Å². The van der Waals surface area contributed by atoms with Gasteiger partial charge in [0, 0.05) is 13.5 Å². The lowest BCUT2D eigenvalue weighted by Gasteiger charge is -2.26. The summed E-state index contributed by atoms with van der Waals surface area (Å²) in [5.41, 5.74) is 2.33. The Kier molecular flexibility index (Phi) is 6.17. The molecule has 5 heteroatoms. The van der Waals surface area contributed by atoms with Crippen molar-refractivity contribution in [3.05, 3.63) is 71.3 Å². The maximum absolute atomic E-state index is 12.1. The van der Waals surface area contributed by atoms with Crippen LogP contribution in [0.25, 0.3) is 0 Å². The van der Waals surface area contributed by atoms with Gasteiger partial charge in [-0.1, -0.05) is 54.6 Å². The van der Waals surface area contributed by atoms with Crippen LogP contribution >= 0.6 is 0 Å². The van der Waals surface area contributed by atoms with Gasteiger partial charge in [0.25, 0.3) is 0 Å². The minimum absolute atomic E-state index is 0.0627.